The minimum atomic E-state index is -0.933. The number of anilines is 1. The normalized spacial score (nSPS) is 14.6. The maximum atomic E-state index is 12.6. The first-order chi connectivity index (χ1) is 13.5. The Kier molecular flexibility index (Phi) is 6.20. The first-order valence-electron chi connectivity index (χ1n) is 9.29. The van der Waals surface area contributed by atoms with Crippen LogP contribution in [0.1, 0.15) is 43.8 Å². The molecular formula is C21H22ClN3O4. The standard InChI is InChI=1S/C21H21N3O4.ClH/c25-19(26)6-8-24-12-15-3-4-17(10-18(15)21(24)28)23-20(27)14-2-1-13-5-7-22-11-16(13)9-14;/h1-4,9-10,22H,5-8,11-12H2,(H,23,27)(H,25,26);1H. The summed E-state index contributed by atoms with van der Waals surface area (Å²) in [6.45, 7) is 2.28. The molecule has 2 aromatic carbocycles. The zero-order valence-corrected chi connectivity index (χ0v) is 16.6. The Balaban J connectivity index is 0.00000240. The van der Waals surface area contributed by atoms with Gasteiger partial charge < -0.3 is 20.6 Å². The third-order valence-corrected chi connectivity index (χ3v) is 5.20. The zero-order valence-electron chi connectivity index (χ0n) is 15.7. The second kappa shape index (κ2) is 8.63. The number of nitrogens with zero attached hydrogens (tertiary/aromatic N) is 1. The number of carboxylic acid groups (broad SMARTS) is 1. The van der Waals surface area contributed by atoms with Gasteiger partial charge in [0.2, 0.25) is 0 Å². The van der Waals surface area contributed by atoms with Gasteiger partial charge in [-0.25, -0.2) is 0 Å². The molecule has 0 atom stereocenters. The Labute approximate surface area is 174 Å². The van der Waals surface area contributed by atoms with Crippen molar-refractivity contribution in [1.29, 1.82) is 0 Å². The third-order valence-electron chi connectivity index (χ3n) is 5.20. The molecule has 2 amide bonds. The fourth-order valence-corrected chi connectivity index (χ4v) is 3.68. The summed E-state index contributed by atoms with van der Waals surface area (Å²) in [5, 5.41) is 15.0. The lowest BCUT2D eigenvalue weighted by Gasteiger charge is -2.17. The molecule has 2 aromatic rings. The van der Waals surface area contributed by atoms with Crippen molar-refractivity contribution in [3.63, 3.8) is 0 Å². The summed E-state index contributed by atoms with van der Waals surface area (Å²) in [5.41, 5.74) is 4.88. The molecule has 152 valence electrons. The zero-order chi connectivity index (χ0) is 19.7. The lowest BCUT2D eigenvalue weighted by molar-refractivity contribution is -0.137. The largest absolute Gasteiger partial charge is 0.481 e. The molecule has 0 radical (unpaired) electrons. The van der Waals surface area contributed by atoms with Crippen molar-refractivity contribution in [3.05, 3.63) is 64.2 Å². The first-order valence-corrected chi connectivity index (χ1v) is 9.29. The van der Waals surface area contributed by atoms with Gasteiger partial charge in [-0.15, -0.1) is 12.4 Å². The van der Waals surface area contributed by atoms with E-state index in [9.17, 15) is 14.4 Å². The molecule has 0 saturated heterocycles. The number of carbonyl (C=O) groups excluding carboxylic acids is 2. The Morgan fingerprint density at radius 3 is 2.69 bits per heavy atom. The van der Waals surface area contributed by atoms with Crippen LogP contribution in [0.3, 0.4) is 0 Å². The second-order valence-corrected chi connectivity index (χ2v) is 7.11. The summed E-state index contributed by atoms with van der Waals surface area (Å²) in [5.74, 6) is -1.36. The minimum Gasteiger partial charge on any atom is -0.481 e. The second-order valence-electron chi connectivity index (χ2n) is 7.11. The van der Waals surface area contributed by atoms with Gasteiger partial charge in [-0.2, -0.15) is 0 Å². The summed E-state index contributed by atoms with van der Waals surface area (Å²) in [6, 6.07) is 11.0. The van der Waals surface area contributed by atoms with E-state index in [0.29, 0.717) is 23.4 Å². The van der Waals surface area contributed by atoms with Gasteiger partial charge >= 0.3 is 5.97 Å². The van der Waals surface area contributed by atoms with Gasteiger partial charge in [-0.1, -0.05) is 12.1 Å². The van der Waals surface area contributed by atoms with Gasteiger partial charge in [0.25, 0.3) is 11.8 Å². The molecule has 8 heteroatoms. The van der Waals surface area contributed by atoms with E-state index in [4.69, 9.17) is 5.11 Å². The third kappa shape index (κ3) is 4.41. The summed E-state index contributed by atoms with van der Waals surface area (Å²) in [4.78, 5) is 37.4. The Morgan fingerprint density at radius 2 is 1.90 bits per heavy atom. The average Bonchev–Trinajstić information content (AvgIpc) is 3.01. The number of carbonyl (C=O) groups is 3. The van der Waals surface area contributed by atoms with Gasteiger partial charge in [0.1, 0.15) is 0 Å². The lowest BCUT2D eigenvalue weighted by atomic mass is 9.98. The Morgan fingerprint density at radius 1 is 1.10 bits per heavy atom. The van der Waals surface area contributed by atoms with E-state index < -0.39 is 5.97 Å². The van der Waals surface area contributed by atoms with E-state index in [2.05, 4.69) is 10.6 Å². The molecule has 0 spiro atoms. The fourth-order valence-electron chi connectivity index (χ4n) is 3.68. The highest BCUT2D eigenvalue weighted by Gasteiger charge is 2.28. The molecule has 0 saturated carbocycles. The van der Waals surface area contributed by atoms with E-state index in [-0.39, 0.29) is 37.2 Å². The maximum Gasteiger partial charge on any atom is 0.305 e. The number of halogens is 1. The summed E-state index contributed by atoms with van der Waals surface area (Å²) >= 11 is 0. The van der Waals surface area contributed by atoms with E-state index in [0.717, 1.165) is 30.6 Å². The van der Waals surface area contributed by atoms with Crippen LogP contribution >= 0.6 is 12.4 Å². The number of amides is 2. The van der Waals surface area contributed by atoms with Crippen LogP contribution in [-0.4, -0.2) is 40.9 Å². The van der Waals surface area contributed by atoms with Gasteiger partial charge in [0, 0.05) is 36.4 Å². The minimum absolute atomic E-state index is 0. The predicted molar refractivity (Wildman–Crippen MR) is 110 cm³/mol. The topological polar surface area (TPSA) is 98.7 Å². The number of carboxylic acids is 1. The fraction of sp³-hybridized carbons (Fsp3) is 0.286. The van der Waals surface area contributed by atoms with Gasteiger partial charge in [-0.05, 0) is 53.9 Å². The smallest absolute Gasteiger partial charge is 0.305 e. The highest BCUT2D eigenvalue weighted by atomic mass is 35.5. The van der Waals surface area contributed by atoms with Crippen LogP contribution in [0, 0.1) is 0 Å². The number of hydrogen-bond donors (Lipinski definition) is 3. The number of hydrogen-bond acceptors (Lipinski definition) is 4. The van der Waals surface area contributed by atoms with Gasteiger partial charge in [0.15, 0.2) is 0 Å². The summed E-state index contributed by atoms with van der Waals surface area (Å²) in [7, 11) is 0. The van der Waals surface area contributed by atoms with Crippen molar-refractivity contribution in [2.75, 3.05) is 18.4 Å². The van der Waals surface area contributed by atoms with Crippen molar-refractivity contribution in [1.82, 2.24) is 10.2 Å². The number of aliphatic carboxylic acids is 1. The monoisotopic (exact) mass is 415 g/mol. The lowest BCUT2D eigenvalue weighted by Crippen LogP contribution is -2.26. The van der Waals surface area contributed by atoms with Crippen LogP contribution in [0.4, 0.5) is 5.69 Å². The van der Waals surface area contributed by atoms with E-state index in [1.807, 2.05) is 18.2 Å². The molecule has 0 unspecified atom stereocenters. The molecule has 2 heterocycles. The molecule has 29 heavy (non-hydrogen) atoms. The molecule has 2 aliphatic rings. The highest BCUT2D eigenvalue weighted by molar-refractivity contribution is 6.06. The van der Waals surface area contributed by atoms with Crippen molar-refractivity contribution < 1.29 is 19.5 Å². The Bertz CT molecular complexity index is 976. The van der Waals surface area contributed by atoms with E-state index in [1.54, 1.807) is 18.2 Å². The average molecular weight is 416 g/mol. The maximum absolute atomic E-state index is 12.6. The molecule has 4 rings (SSSR count). The quantitative estimate of drug-likeness (QED) is 0.696. The van der Waals surface area contributed by atoms with E-state index >= 15 is 0 Å². The molecule has 0 bridgehead atoms. The highest BCUT2D eigenvalue weighted by Crippen LogP contribution is 2.26. The molecule has 0 aromatic heterocycles. The van der Waals surface area contributed by atoms with Crippen LogP contribution in [0.5, 0.6) is 0 Å². The SMILES string of the molecule is Cl.O=C(O)CCN1Cc2ccc(NC(=O)c3ccc4c(c3)CNCC4)cc2C1=O. The molecular weight excluding hydrogens is 394 g/mol. The molecule has 3 N–H and O–H groups in total. The first kappa shape index (κ1) is 20.8. The van der Waals surface area contributed by atoms with Crippen LogP contribution in [-0.2, 0) is 24.3 Å². The van der Waals surface area contributed by atoms with Crippen molar-refractivity contribution in [2.45, 2.75) is 25.9 Å². The van der Waals surface area contributed by atoms with Crippen molar-refractivity contribution in [3.8, 4) is 0 Å². The van der Waals surface area contributed by atoms with Crippen molar-refractivity contribution >= 4 is 35.9 Å². The van der Waals surface area contributed by atoms with Crippen LogP contribution in [0.25, 0.3) is 0 Å². The summed E-state index contributed by atoms with van der Waals surface area (Å²) < 4.78 is 0. The van der Waals surface area contributed by atoms with Gasteiger partial charge in [-0.3, -0.25) is 14.4 Å². The number of rotatable bonds is 5. The molecule has 7 nitrogen and oxygen atoms in total. The molecule has 0 aliphatic carbocycles. The number of nitrogens with one attached hydrogen (secondary N) is 2. The number of fused-ring (bicyclic) bond motifs is 2. The number of benzene rings is 2. The van der Waals surface area contributed by atoms with Crippen LogP contribution in [0.2, 0.25) is 0 Å². The summed E-state index contributed by atoms with van der Waals surface area (Å²) in [6.07, 6.45) is 0.874. The van der Waals surface area contributed by atoms with Crippen LogP contribution in [0.15, 0.2) is 36.4 Å². The van der Waals surface area contributed by atoms with Gasteiger partial charge in [0.05, 0.1) is 6.42 Å². The van der Waals surface area contributed by atoms with Crippen LogP contribution < -0.4 is 10.6 Å². The Hall–Kier alpha value is -2.90. The predicted octanol–water partition coefficient (Wildman–Crippen LogP) is 2.44. The van der Waals surface area contributed by atoms with E-state index in [1.165, 1.54) is 10.5 Å². The van der Waals surface area contributed by atoms with Crippen molar-refractivity contribution in [2.24, 2.45) is 0 Å². The molecule has 2 aliphatic heterocycles. The molecule has 0 fully saturated rings.